The zero-order valence-electron chi connectivity index (χ0n) is 13.7. The number of carboxylic acid groups (broad SMARTS) is 1. The van der Waals surface area contributed by atoms with E-state index in [0.717, 1.165) is 28.0 Å². The van der Waals surface area contributed by atoms with Crippen molar-refractivity contribution < 1.29 is 19.4 Å². The normalized spacial score (nSPS) is 14.4. The lowest BCUT2D eigenvalue weighted by Gasteiger charge is -2.27. The lowest BCUT2D eigenvalue weighted by atomic mass is 9.82. The Kier molecular flexibility index (Phi) is 6.30. The van der Waals surface area contributed by atoms with E-state index in [9.17, 15) is 9.90 Å². The Morgan fingerprint density at radius 2 is 2.00 bits per heavy atom. The van der Waals surface area contributed by atoms with Gasteiger partial charge in [-0.15, -0.1) is 0 Å². The maximum Gasteiger partial charge on any atom is 0.310 e. The van der Waals surface area contributed by atoms with Gasteiger partial charge in [-0.25, -0.2) is 0 Å². The van der Waals surface area contributed by atoms with Crippen LogP contribution in [0.4, 0.5) is 0 Å². The Balaban J connectivity index is 2.05. The first-order valence-corrected chi connectivity index (χ1v) is 8.84. The van der Waals surface area contributed by atoms with Crippen LogP contribution in [-0.2, 0) is 11.3 Å². The molecule has 0 fully saturated rings. The van der Waals surface area contributed by atoms with E-state index in [2.05, 4.69) is 21.2 Å². The van der Waals surface area contributed by atoms with Crippen LogP contribution in [0.25, 0.3) is 0 Å². The summed E-state index contributed by atoms with van der Waals surface area (Å²) < 4.78 is 12.3. The highest BCUT2D eigenvalue weighted by molar-refractivity contribution is 9.10. The first-order chi connectivity index (χ1) is 11.0. The van der Waals surface area contributed by atoms with E-state index < -0.39 is 11.4 Å². The maximum absolute atomic E-state index is 11.5. The van der Waals surface area contributed by atoms with Gasteiger partial charge in [-0.05, 0) is 46.5 Å². The minimum atomic E-state index is -0.741. The van der Waals surface area contributed by atoms with Crippen LogP contribution in [0.1, 0.15) is 38.7 Å². The minimum Gasteiger partial charge on any atom is -0.490 e. The van der Waals surface area contributed by atoms with Gasteiger partial charge in [-0.3, -0.25) is 4.79 Å². The second-order valence-corrected chi connectivity index (χ2v) is 6.71. The van der Waals surface area contributed by atoms with Crippen molar-refractivity contribution in [2.24, 2.45) is 5.41 Å². The van der Waals surface area contributed by atoms with Gasteiger partial charge in [0.05, 0.1) is 23.1 Å². The molecule has 0 amide bonds. The van der Waals surface area contributed by atoms with Gasteiger partial charge in [0, 0.05) is 19.5 Å². The molecule has 0 unspecified atom stereocenters. The molecule has 0 atom stereocenters. The van der Waals surface area contributed by atoms with E-state index in [1.165, 1.54) is 0 Å². The third kappa shape index (κ3) is 4.18. The molecule has 0 saturated carbocycles. The van der Waals surface area contributed by atoms with Gasteiger partial charge in [-0.1, -0.05) is 13.8 Å². The second-order valence-electron chi connectivity index (χ2n) is 5.85. The van der Waals surface area contributed by atoms with Crippen LogP contribution >= 0.6 is 15.9 Å². The molecule has 1 aliphatic rings. The fraction of sp³-hybridized carbons (Fsp3) is 0.588. The molecule has 2 rings (SSSR count). The van der Waals surface area contributed by atoms with Crippen molar-refractivity contribution in [1.29, 1.82) is 0 Å². The fourth-order valence-electron chi connectivity index (χ4n) is 2.71. The van der Waals surface area contributed by atoms with E-state index >= 15 is 0 Å². The third-order valence-electron chi connectivity index (χ3n) is 4.46. The minimum absolute atomic E-state index is 0.446. The predicted molar refractivity (Wildman–Crippen MR) is 92.1 cm³/mol. The molecule has 0 radical (unpaired) electrons. The Labute approximate surface area is 145 Å². The Hall–Kier alpha value is -1.27. The van der Waals surface area contributed by atoms with Crippen LogP contribution in [0.2, 0.25) is 0 Å². The SMILES string of the molecule is CCC(CC)(CNCc1cc(Br)c2c(c1)OCCCO2)C(=O)O. The Morgan fingerprint density at radius 3 is 2.65 bits per heavy atom. The summed E-state index contributed by atoms with van der Waals surface area (Å²) in [4.78, 5) is 11.5. The van der Waals surface area contributed by atoms with Gasteiger partial charge in [0.15, 0.2) is 11.5 Å². The number of hydrogen-bond acceptors (Lipinski definition) is 4. The summed E-state index contributed by atoms with van der Waals surface area (Å²) >= 11 is 3.52. The van der Waals surface area contributed by atoms with Crippen molar-refractivity contribution in [2.45, 2.75) is 39.7 Å². The van der Waals surface area contributed by atoms with Gasteiger partial charge < -0.3 is 19.9 Å². The molecular weight excluding hydrogens is 362 g/mol. The van der Waals surface area contributed by atoms with Crippen molar-refractivity contribution in [3.8, 4) is 11.5 Å². The molecule has 0 aromatic heterocycles. The smallest absolute Gasteiger partial charge is 0.310 e. The van der Waals surface area contributed by atoms with E-state index in [0.29, 0.717) is 39.1 Å². The standard InChI is InChI=1S/C17H24BrNO4/c1-3-17(4-2,16(20)21)11-19-10-12-8-13(18)15-14(9-12)22-6-5-7-23-15/h8-9,19H,3-7,10-11H2,1-2H3,(H,20,21). The topological polar surface area (TPSA) is 67.8 Å². The molecule has 1 aliphatic heterocycles. The van der Waals surface area contributed by atoms with Crippen LogP contribution in [0, 0.1) is 5.41 Å². The summed E-state index contributed by atoms with van der Waals surface area (Å²) in [5.74, 6) is 0.743. The number of rotatable bonds is 7. The average molecular weight is 386 g/mol. The molecule has 0 aliphatic carbocycles. The number of halogens is 1. The first-order valence-electron chi connectivity index (χ1n) is 8.04. The zero-order chi connectivity index (χ0) is 16.9. The van der Waals surface area contributed by atoms with Crippen LogP contribution in [-0.4, -0.2) is 30.8 Å². The average Bonchev–Trinajstić information content (AvgIpc) is 2.77. The van der Waals surface area contributed by atoms with E-state index in [-0.39, 0.29) is 0 Å². The highest BCUT2D eigenvalue weighted by atomic mass is 79.9. The summed E-state index contributed by atoms with van der Waals surface area (Å²) in [6.07, 6.45) is 2.08. The number of carbonyl (C=O) groups is 1. The lowest BCUT2D eigenvalue weighted by Crippen LogP contribution is -2.40. The van der Waals surface area contributed by atoms with Gasteiger partial charge in [0.25, 0.3) is 0 Å². The largest absolute Gasteiger partial charge is 0.490 e. The monoisotopic (exact) mass is 385 g/mol. The predicted octanol–water partition coefficient (Wildman–Crippen LogP) is 3.59. The highest BCUT2D eigenvalue weighted by Gasteiger charge is 2.34. The fourth-order valence-corrected chi connectivity index (χ4v) is 3.31. The number of carboxylic acids is 1. The molecule has 2 N–H and O–H groups in total. The number of fused-ring (bicyclic) bond motifs is 1. The number of ether oxygens (including phenoxy) is 2. The molecule has 128 valence electrons. The van der Waals surface area contributed by atoms with Crippen LogP contribution in [0.15, 0.2) is 16.6 Å². The zero-order valence-corrected chi connectivity index (χ0v) is 15.2. The molecular formula is C17H24BrNO4. The molecule has 1 aromatic carbocycles. The molecule has 5 nitrogen and oxygen atoms in total. The van der Waals surface area contributed by atoms with E-state index in [4.69, 9.17) is 9.47 Å². The van der Waals surface area contributed by atoms with Gasteiger partial charge in [-0.2, -0.15) is 0 Å². The van der Waals surface area contributed by atoms with Crippen LogP contribution < -0.4 is 14.8 Å². The molecule has 0 spiro atoms. The van der Waals surface area contributed by atoms with Crippen molar-refractivity contribution in [1.82, 2.24) is 5.32 Å². The number of nitrogens with one attached hydrogen (secondary N) is 1. The van der Waals surface area contributed by atoms with Crippen molar-refractivity contribution in [3.05, 3.63) is 22.2 Å². The molecule has 1 aromatic rings. The van der Waals surface area contributed by atoms with Crippen LogP contribution in [0.5, 0.6) is 11.5 Å². The summed E-state index contributed by atoms with van der Waals surface area (Å²) in [5, 5.41) is 12.7. The molecule has 1 heterocycles. The molecule has 6 heteroatoms. The Bertz CT molecular complexity index is 558. The quantitative estimate of drug-likeness (QED) is 0.750. The molecule has 0 bridgehead atoms. The molecule has 0 saturated heterocycles. The van der Waals surface area contributed by atoms with Crippen LogP contribution in [0.3, 0.4) is 0 Å². The lowest BCUT2D eigenvalue weighted by molar-refractivity contribution is -0.149. The maximum atomic E-state index is 11.5. The van der Waals surface area contributed by atoms with E-state index in [1.54, 1.807) is 0 Å². The summed E-state index contributed by atoms with van der Waals surface area (Å²) in [6.45, 7) is 6.17. The number of hydrogen-bond donors (Lipinski definition) is 2. The van der Waals surface area contributed by atoms with Gasteiger partial charge >= 0.3 is 5.97 Å². The Morgan fingerprint density at radius 1 is 1.30 bits per heavy atom. The van der Waals surface area contributed by atoms with Gasteiger partial charge in [0.1, 0.15) is 0 Å². The number of aliphatic carboxylic acids is 1. The summed E-state index contributed by atoms with van der Waals surface area (Å²) in [5.41, 5.74) is 0.329. The van der Waals surface area contributed by atoms with Gasteiger partial charge in [0.2, 0.25) is 0 Å². The second kappa shape index (κ2) is 8.02. The summed E-state index contributed by atoms with van der Waals surface area (Å²) in [7, 11) is 0. The number of benzene rings is 1. The molecule has 23 heavy (non-hydrogen) atoms. The highest BCUT2D eigenvalue weighted by Crippen LogP contribution is 2.38. The third-order valence-corrected chi connectivity index (χ3v) is 5.05. The van der Waals surface area contributed by atoms with Crippen molar-refractivity contribution >= 4 is 21.9 Å². The van der Waals surface area contributed by atoms with Crippen molar-refractivity contribution in [2.75, 3.05) is 19.8 Å². The first kappa shape index (κ1) is 18.1. The summed E-state index contributed by atoms with van der Waals surface area (Å²) in [6, 6.07) is 3.94. The van der Waals surface area contributed by atoms with Crippen molar-refractivity contribution in [3.63, 3.8) is 0 Å². The van der Waals surface area contributed by atoms with E-state index in [1.807, 2.05) is 26.0 Å².